The third-order valence-corrected chi connectivity index (χ3v) is 3.68. The molecule has 2 rings (SSSR count). The van der Waals surface area contributed by atoms with Crippen LogP contribution < -0.4 is 5.32 Å². The molecule has 1 aliphatic rings. The Hall–Kier alpha value is -1.43. The highest BCUT2D eigenvalue weighted by molar-refractivity contribution is 5.80. The lowest BCUT2D eigenvalue weighted by atomic mass is 9.85. The Balaban J connectivity index is 1.89. The van der Waals surface area contributed by atoms with Crippen LogP contribution in [0.2, 0.25) is 0 Å². The van der Waals surface area contributed by atoms with E-state index in [4.69, 9.17) is 4.74 Å². The number of carbonyl (C=O) groups excluding carboxylic acids is 1. The van der Waals surface area contributed by atoms with E-state index in [-0.39, 0.29) is 5.91 Å². The van der Waals surface area contributed by atoms with Crippen molar-refractivity contribution in [1.82, 2.24) is 20.1 Å². The van der Waals surface area contributed by atoms with Gasteiger partial charge in [0.2, 0.25) is 5.91 Å². The summed E-state index contributed by atoms with van der Waals surface area (Å²) in [6.45, 7) is 4.55. The standard InChI is InChI=1S/C13H22N4O2/c1-4-19-9(2)13(18)14-8-11-15-16-12(17(11)3)10-6-5-7-10/h9-10H,4-8H2,1-3H3,(H,14,18). The molecule has 0 bridgehead atoms. The van der Waals surface area contributed by atoms with Crippen LogP contribution in [0.1, 0.15) is 50.7 Å². The van der Waals surface area contributed by atoms with Gasteiger partial charge in [-0.2, -0.15) is 0 Å². The molecule has 0 saturated heterocycles. The second-order valence-corrected chi connectivity index (χ2v) is 4.98. The number of hydrogen-bond donors (Lipinski definition) is 1. The molecule has 1 saturated carbocycles. The summed E-state index contributed by atoms with van der Waals surface area (Å²) in [6, 6.07) is 0. The zero-order valence-electron chi connectivity index (χ0n) is 11.8. The fourth-order valence-electron chi connectivity index (χ4n) is 2.19. The van der Waals surface area contributed by atoms with Crippen molar-refractivity contribution in [1.29, 1.82) is 0 Å². The lowest BCUT2D eigenvalue weighted by Gasteiger charge is -2.24. The molecule has 0 aromatic carbocycles. The summed E-state index contributed by atoms with van der Waals surface area (Å²) >= 11 is 0. The van der Waals surface area contributed by atoms with Crippen molar-refractivity contribution in [3.05, 3.63) is 11.6 Å². The maximum absolute atomic E-state index is 11.7. The van der Waals surface area contributed by atoms with Gasteiger partial charge in [0.1, 0.15) is 11.9 Å². The molecular formula is C13H22N4O2. The van der Waals surface area contributed by atoms with Crippen LogP contribution >= 0.6 is 0 Å². The zero-order valence-corrected chi connectivity index (χ0v) is 11.8. The Kier molecular flexibility index (Phi) is 4.52. The Labute approximate surface area is 113 Å². The van der Waals surface area contributed by atoms with E-state index in [9.17, 15) is 4.79 Å². The van der Waals surface area contributed by atoms with Gasteiger partial charge < -0.3 is 14.6 Å². The molecular weight excluding hydrogens is 244 g/mol. The topological polar surface area (TPSA) is 69.0 Å². The average molecular weight is 266 g/mol. The summed E-state index contributed by atoms with van der Waals surface area (Å²) in [5.74, 6) is 2.26. The molecule has 1 atom stereocenters. The van der Waals surface area contributed by atoms with Crippen LogP contribution in [0.4, 0.5) is 0 Å². The van der Waals surface area contributed by atoms with Gasteiger partial charge in [0, 0.05) is 19.6 Å². The lowest BCUT2D eigenvalue weighted by molar-refractivity contribution is -0.131. The first-order valence-corrected chi connectivity index (χ1v) is 6.91. The monoisotopic (exact) mass is 266 g/mol. The Morgan fingerprint density at radius 1 is 1.53 bits per heavy atom. The highest BCUT2D eigenvalue weighted by atomic mass is 16.5. The molecule has 1 amide bonds. The van der Waals surface area contributed by atoms with E-state index in [1.165, 1.54) is 19.3 Å². The summed E-state index contributed by atoms with van der Waals surface area (Å²) in [5, 5.41) is 11.2. The van der Waals surface area contributed by atoms with Crippen LogP contribution in [0, 0.1) is 0 Å². The molecule has 1 unspecified atom stereocenters. The maximum Gasteiger partial charge on any atom is 0.249 e. The minimum Gasteiger partial charge on any atom is -0.369 e. The zero-order chi connectivity index (χ0) is 13.8. The molecule has 0 spiro atoms. The highest BCUT2D eigenvalue weighted by Gasteiger charge is 2.25. The Morgan fingerprint density at radius 2 is 2.26 bits per heavy atom. The molecule has 1 aromatic heterocycles. The number of rotatable bonds is 6. The van der Waals surface area contributed by atoms with Gasteiger partial charge in [0.05, 0.1) is 6.54 Å². The lowest BCUT2D eigenvalue weighted by Crippen LogP contribution is -2.34. The van der Waals surface area contributed by atoms with Crippen LogP contribution in [-0.2, 0) is 23.1 Å². The van der Waals surface area contributed by atoms with Crippen molar-refractivity contribution in [2.75, 3.05) is 6.61 Å². The quantitative estimate of drug-likeness (QED) is 0.838. The fraction of sp³-hybridized carbons (Fsp3) is 0.769. The average Bonchev–Trinajstić information content (AvgIpc) is 2.67. The number of nitrogens with one attached hydrogen (secondary N) is 1. The van der Waals surface area contributed by atoms with Crippen LogP contribution in [0.5, 0.6) is 0 Å². The summed E-state index contributed by atoms with van der Waals surface area (Å²) in [7, 11) is 1.96. The normalized spacial score (nSPS) is 17.0. The van der Waals surface area contributed by atoms with Gasteiger partial charge in [-0.3, -0.25) is 4.79 Å². The second kappa shape index (κ2) is 6.14. The molecule has 1 aliphatic carbocycles. The van der Waals surface area contributed by atoms with Gasteiger partial charge in [-0.05, 0) is 26.7 Å². The second-order valence-electron chi connectivity index (χ2n) is 4.98. The third-order valence-electron chi connectivity index (χ3n) is 3.68. The summed E-state index contributed by atoms with van der Waals surface area (Å²) in [4.78, 5) is 11.7. The van der Waals surface area contributed by atoms with E-state index in [1.54, 1.807) is 6.92 Å². The first kappa shape index (κ1) is 14.0. The van der Waals surface area contributed by atoms with Crippen molar-refractivity contribution in [3.63, 3.8) is 0 Å². The number of ether oxygens (including phenoxy) is 1. The predicted molar refractivity (Wildman–Crippen MR) is 70.5 cm³/mol. The first-order chi connectivity index (χ1) is 9.13. The molecule has 1 aromatic rings. The number of amides is 1. The van der Waals surface area contributed by atoms with E-state index in [0.717, 1.165) is 11.6 Å². The van der Waals surface area contributed by atoms with Gasteiger partial charge >= 0.3 is 0 Å². The van der Waals surface area contributed by atoms with Gasteiger partial charge in [0.25, 0.3) is 0 Å². The predicted octanol–water partition coefficient (Wildman–Crippen LogP) is 1.12. The van der Waals surface area contributed by atoms with Crippen molar-refractivity contribution in [2.24, 2.45) is 7.05 Å². The van der Waals surface area contributed by atoms with E-state index < -0.39 is 6.10 Å². The molecule has 6 heteroatoms. The minimum absolute atomic E-state index is 0.116. The van der Waals surface area contributed by atoms with E-state index in [1.807, 2.05) is 18.5 Å². The van der Waals surface area contributed by atoms with Crippen molar-refractivity contribution in [3.8, 4) is 0 Å². The Morgan fingerprint density at radius 3 is 2.84 bits per heavy atom. The number of nitrogens with zero attached hydrogens (tertiary/aromatic N) is 3. The van der Waals surface area contributed by atoms with Gasteiger partial charge in [-0.25, -0.2) is 0 Å². The smallest absolute Gasteiger partial charge is 0.249 e. The van der Waals surface area contributed by atoms with E-state index >= 15 is 0 Å². The number of carbonyl (C=O) groups is 1. The van der Waals surface area contributed by atoms with Gasteiger partial charge in [-0.15, -0.1) is 10.2 Å². The molecule has 0 radical (unpaired) electrons. The van der Waals surface area contributed by atoms with Crippen molar-refractivity contribution in [2.45, 2.75) is 51.7 Å². The van der Waals surface area contributed by atoms with Crippen LogP contribution in [0.15, 0.2) is 0 Å². The molecule has 1 N–H and O–H groups in total. The van der Waals surface area contributed by atoms with E-state index in [2.05, 4.69) is 15.5 Å². The number of hydrogen-bond acceptors (Lipinski definition) is 4. The first-order valence-electron chi connectivity index (χ1n) is 6.91. The minimum atomic E-state index is -0.427. The maximum atomic E-state index is 11.7. The number of aromatic nitrogens is 3. The summed E-state index contributed by atoms with van der Waals surface area (Å²) in [5.41, 5.74) is 0. The SMILES string of the molecule is CCOC(C)C(=O)NCc1nnc(C2CCC2)n1C. The highest BCUT2D eigenvalue weighted by Crippen LogP contribution is 2.34. The van der Waals surface area contributed by atoms with Crippen LogP contribution in [0.3, 0.4) is 0 Å². The summed E-state index contributed by atoms with van der Waals surface area (Å²) < 4.78 is 7.23. The fourth-order valence-corrected chi connectivity index (χ4v) is 2.19. The van der Waals surface area contributed by atoms with Gasteiger partial charge in [0.15, 0.2) is 5.82 Å². The molecule has 0 aliphatic heterocycles. The van der Waals surface area contributed by atoms with Gasteiger partial charge in [-0.1, -0.05) is 6.42 Å². The van der Waals surface area contributed by atoms with Crippen LogP contribution in [-0.4, -0.2) is 33.4 Å². The van der Waals surface area contributed by atoms with Crippen LogP contribution in [0.25, 0.3) is 0 Å². The molecule has 1 heterocycles. The molecule has 6 nitrogen and oxygen atoms in total. The van der Waals surface area contributed by atoms with Crippen molar-refractivity contribution < 1.29 is 9.53 Å². The Bertz CT molecular complexity index is 440. The summed E-state index contributed by atoms with van der Waals surface area (Å²) in [6.07, 6.45) is 3.24. The molecule has 19 heavy (non-hydrogen) atoms. The largest absolute Gasteiger partial charge is 0.369 e. The third kappa shape index (κ3) is 3.12. The molecule has 106 valence electrons. The molecule has 1 fully saturated rings. The van der Waals surface area contributed by atoms with Crippen molar-refractivity contribution >= 4 is 5.91 Å². The van der Waals surface area contributed by atoms with E-state index in [0.29, 0.717) is 19.1 Å².